The van der Waals surface area contributed by atoms with Crippen LogP contribution in [0.25, 0.3) is 0 Å². The van der Waals surface area contributed by atoms with Gasteiger partial charge in [-0.05, 0) is 57.9 Å². The van der Waals surface area contributed by atoms with Gasteiger partial charge in [-0.3, -0.25) is 4.79 Å². The number of carbonyl (C=O) groups is 1. The summed E-state index contributed by atoms with van der Waals surface area (Å²) in [7, 11) is 4.02. The molecule has 0 N–H and O–H groups in total. The Morgan fingerprint density at radius 2 is 1.69 bits per heavy atom. The van der Waals surface area contributed by atoms with Crippen LogP contribution in [0, 0.1) is 0 Å². The Balaban J connectivity index is 1.85. The zero-order valence-corrected chi connectivity index (χ0v) is 16.4. The van der Waals surface area contributed by atoms with Gasteiger partial charge in [0.15, 0.2) is 0 Å². The van der Waals surface area contributed by atoms with Gasteiger partial charge in [0, 0.05) is 30.8 Å². The van der Waals surface area contributed by atoms with Crippen LogP contribution in [0.4, 0.5) is 5.69 Å². The van der Waals surface area contributed by atoms with Gasteiger partial charge in [-0.25, -0.2) is 0 Å². The van der Waals surface area contributed by atoms with E-state index < -0.39 is 0 Å². The summed E-state index contributed by atoms with van der Waals surface area (Å²) >= 11 is 3.48. The summed E-state index contributed by atoms with van der Waals surface area (Å²) in [5.41, 5.74) is 2.84. The lowest BCUT2D eigenvalue weighted by Gasteiger charge is -2.23. The van der Waals surface area contributed by atoms with Crippen molar-refractivity contribution < 1.29 is 9.21 Å². The molecule has 1 aromatic heterocycles. The number of halogens is 1. The molecule has 0 aliphatic heterocycles. The van der Waals surface area contributed by atoms with E-state index in [9.17, 15) is 4.79 Å². The third-order valence-corrected chi connectivity index (χ3v) is 4.84. The summed E-state index contributed by atoms with van der Waals surface area (Å²) in [5, 5.41) is 0. The Bertz CT molecular complexity index is 858. The van der Waals surface area contributed by atoms with E-state index in [1.807, 2.05) is 50.5 Å². The SMILES string of the molecule is CN(C)c1ccc(CN(Cc2ccco2)C(=O)c2ccccc2Br)cc1. The number of anilines is 1. The highest BCUT2D eigenvalue weighted by Crippen LogP contribution is 2.21. The molecule has 0 unspecified atom stereocenters. The van der Waals surface area contributed by atoms with Crippen LogP contribution in [0.1, 0.15) is 21.7 Å². The van der Waals surface area contributed by atoms with Gasteiger partial charge < -0.3 is 14.2 Å². The van der Waals surface area contributed by atoms with Crippen LogP contribution in [0.5, 0.6) is 0 Å². The summed E-state index contributed by atoms with van der Waals surface area (Å²) < 4.78 is 6.25. The van der Waals surface area contributed by atoms with Gasteiger partial charge in [-0.2, -0.15) is 0 Å². The minimum Gasteiger partial charge on any atom is -0.467 e. The third kappa shape index (κ3) is 4.35. The first-order chi connectivity index (χ1) is 12.5. The quantitative estimate of drug-likeness (QED) is 0.574. The summed E-state index contributed by atoms with van der Waals surface area (Å²) in [6, 6.07) is 19.4. The molecule has 2 aromatic carbocycles. The lowest BCUT2D eigenvalue weighted by atomic mass is 10.1. The normalized spacial score (nSPS) is 10.6. The van der Waals surface area contributed by atoms with Gasteiger partial charge in [0.25, 0.3) is 5.91 Å². The van der Waals surface area contributed by atoms with Crippen molar-refractivity contribution in [2.45, 2.75) is 13.1 Å². The highest BCUT2D eigenvalue weighted by molar-refractivity contribution is 9.10. The number of furan rings is 1. The fraction of sp³-hybridized carbons (Fsp3) is 0.190. The topological polar surface area (TPSA) is 36.7 Å². The molecule has 134 valence electrons. The number of rotatable bonds is 6. The van der Waals surface area contributed by atoms with Crippen LogP contribution in [0.3, 0.4) is 0 Å². The van der Waals surface area contributed by atoms with E-state index in [2.05, 4.69) is 45.1 Å². The Kier molecular flexibility index (Phi) is 5.78. The molecule has 0 spiro atoms. The highest BCUT2D eigenvalue weighted by atomic mass is 79.9. The average molecular weight is 413 g/mol. The van der Waals surface area contributed by atoms with E-state index in [4.69, 9.17) is 4.42 Å². The first-order valence-electron chi connectivity index (χ1n) is 8.37. The molecule has 0 radical (unpaired) electrons. The van der Waals surface area contributed by atoms with Crippen molar-refractivity contribution in [1.82, 2.24) is 4.90 Å². The highest BCUT2D eigenvalue weighted by Gasteiger charge is 2.19. The second-order valence-electron chi connectivity index (χ2n) is 6.28. The minimum absolute atomic E-state index is 0.0365. The molecular weight excluding hydrogens is 392 g/mol. The largest absolute Gasteiger partial charge is 0.467 e. The lowest BCUT2D eigenvalue weighted by molar-refractivity contribution is 0.0717. The van der Waals surface area contributed by atoms with E-state index in [0.29, 0.717) is 18.7 Å². The Morgan fingerprint density at radius 1 is 0.962 bits per heavy atom. The van der Waals surface area contributed by atoms with E-state index in [0.717, 1.165) is 21.5 Å². The van der Waals surface area contributed by atoms with Crippen LogP contribution in [-0.2, 0) is 13.1 Å². The van der Waals surface area contributed by atoms with Crippen LogP contribution in [-0.4, -0.2) is 24.9 Å². The van der Waals surface area contributed by atoms with Crippen LogP contribution in [0.15, 0.2) is 75.8 Å². The van der Waals surface area contributed by atoms with Crippen molar-refractivity contribution >= 4 is 27.5 Å². The van der Waals surface area contributed by atoms with Gasteiger partial charge in [-0.1, -0.05) is 24.3 Å². The Morgan fingerprint density at radius 3 is 2.31 bits per heavy atom. The van der Waals surface area contributed by atoms with Crippen molar-refractivity contribution in [3.63, 3.8) is 0 Å². The molecule has 5 heteroatoms. The van der Waals surface area contributed by atoms with Crippen molar-refractivity contribution in [1.29, 1.82) is 0 Å². The molecule has 0 aliphatic rings. The molecule has 1 heterocycles. The van der Waals surface area contributed by atoms with Crippen molar-refractivity contribution in [3.8, 4) is 0 Å². The van der Waals surface area contributed by atoms with Gasteiger partial charge in [0.2, 0.25) is 0 Å². The van der Waals surface area contributed by atoms with Crippen LogP contribution < -0.4 is 4.90 Å². The lowest BCUT2D eigenvalue weighted by Crippen LogP contribution is -2.30. The number of hydrogen-bond donors (Lipinski definition) is 0. The van der Waals surface area contributed by atoms with Crippen molar-refractivity contribution in [3.05, 3.63) is 88.3 Å². The summed E-state index contributed by atoms with van der Waals surface area (Å²) in [6.07, 6.45) is 1.63. The monoisotopic (exact) mass is 412 g/mol. The van der Waals surface area contributed by atoms with Crippen LogP contribution >= 0.6 is 15.9 Å². The molecule has 4 nitrogen and oxygen atoms in total. The molecule has 0 aliphatic carbocycles. The molecule has 3 aromatic rings. The van der Waals surface area contributed by atoms with Gasteiger partial charge in [-0.15, -0.1) is 0 Å². The number of amides is 1. The molecular formula is C21H21BrN2O2. The van der Waals surface area contributed by atoms with Gasteiger partial charge in [0.1, 0.15) is 5.76 Å². The first-order valence-corrected chi connectivity index (χ1v) is 9.16. The van der Waals surface area contributed by atoms with Gasteiger partial charge >= 0.3 is 0 Å². The molecule has 1 amide bonds. The number of nitrogens with zero attached hydrogens (tertiary/aromatic N) is 2. The number of benzene rings is 2. The summed E-state index contributed by atoms with van der Waals surface area (Å²) in [5.74, 6) is 0.723. The number of hydrogen-bond acceptors (Lipinski definition) is 3. The zero-order chi connectivity index (χ0) is 18.5. The molecule has 0 saturated heterocycles. The predicted octanol–water partition coefficient (Wildman–Crippen LogP) is 4.95. The maximum Gasteiger partial charge on any atom is 0.255 e. The molecule has 0 bridgehead atoms. The first kappa shape index (κ1) is 18.3. The Labute approximate surface area is 162 Å². The summed E-state index contributed by atoms with van der Waals surface area (Å²) in [4.78, 5) is 17.0. The van der Waals surface area contributed by atoms with Crippen LogP contribution in [0.2, 0.25) is 0 Å². The van der Waals surface area contributed by atoms with E-state index in [-0.39, 0.29) is 5.91 Å². The maximum atomic E-state index is 13.1. The third-order valence-electron chi connectivity index (χ3n) is 4.14. The maximum absolute atomic E-state index is 13.1. The average Bonchev–Trinajstić information content (AvgIpc) is 3.14. The standard InChI is InChI=1S/C21H21BrN2O2/c1-23(2)17-11-9-16(10-12-17)14-24(15-18-6-5-13-26-18)21(25)19-7-3-4-8-20(19)22/h3-13H,14-15H2,1-2H3. The fourth-order valence-corrected chi connectivity index (χ4v) is 3.17. The zero-order valence-electron chi connectivity index (χ0n) is 14.9. The predicted molar refractivity (Wildman–Crippen MR) is 107 cm³/mol. The summed E-state index contributed by atoms with van der Waals surface area (Å²) in [6.45, 7) is 0.928. The molecule has 26 heavy (non-hydrogen) atoms. The molecule has 0 fully saturated rings. The van der Waals surface area contributed by atoms with Crippen molar-refractivity contribution in [2.75, 3.05) is 19.0 Å². The van der Waals surface area contributed by atoms with E-state index in [1.165, 1.54) is 0 Å². The second-order valence-corrected chi connectivity index (χ2v) is 7.14. The van der Waals surface area contributed by atoms with Gasteiger partial charge in [0.05, 0.1) is 18.4 Å². The van der Waals surface area contributed by atoms with E-state index in [1.54, 1.807) is 11.2 Å². The smallest absolute Gasteiger partial charge is 0.255 e. The second kappa shape index (κ2) is 8.23. The Hall–Kier alpha value is -2.53. The molecule has 0 atom stereocenters. The van der Waals surface area contributed by atoms with E-state index >= 15 is 0 Å². The molecule has 0 saturated carbocycles. The number of carbonyl (C=O) groups excluding carboxylic acids is 1. The molecule has 3 rings (SSSR count). The minimum atomic E-state index is -0.0365. The van der Waals surface area contributed by atoms with Crippen molar-refractivity contribution in [2.24, 2.45) is 0 Å². The fourth-order valence-electron chi connectivity index (χ4n) is 2.72.